The normalized spacial score (nSPS) is 40.1. The lowest BCUT2D eigenvalue weighted by Gasteiger charge is -2.40. The van der Waals surface area contributed by atoms with Gasteiger partial charge in [0.05, 0.1) is 19.3 Å². The summed E-state index contributed by atoms with van der Waals surface area (Å²) in [5.41, 5.74) is 0.301. The van der Waals surface area contributed by atoms with Crippen molar-refractivity contribution < 1.29 is 59.8 Å². The monoisotopic (exact) mass is 473 g/mol. The van der Waals surface area contributed by atoms with Crippen LogP contribution in [0.25, 0.3) is 0 Å². The highest BCUT2D eigenvalue weighted by Crippen LogP contribution is 2.29. The minimum atomic E-state index is -1.67. The van der Waals surface area contributed by atoms with Crippen molar-refractivity contribution in [1.82, 2.24) is 0 Å². The predicted molar refractivity (Wildman–Crippen MR) is 104 cm³/mol. The van der Waals surface area contributed by atoms with Crippen molar-refractivity contribution in [1.29, 1.82) is 5.26 Å². The topological polar surface area (TPSA) is 223 Å². The Bertz CT molecular complexity index is 799. The van der Waals surface area contributed by atoms with Gasteiger partial charge in [0, 0.05) is 0 Å². The summed E-state index contributed by atoms with van der Waals surface area (Å²) in [6, 6.07) is 7.52. The van der Waals surface area contributed by atoms with Gasteiger partial charge in [-0.25, -0.2) is 0 Å². The highest BCUT2D eigenvalue weighted by Gasteiger charge is 2.46. The standard InChI is InChI=1S/C20H27NO12/c21-5-10(31-20-18(29)16(27)14(25)12(7-23)33-20)8-1-3-9(4-2-8)30-19-17(28)15(26)13(24)11(6-22)32-19/h1-4,10-20,22-29H,6-7H2/t10?,11-,12-,13-,14-,15+,16+,17-,18-,19-,20-/m1/s1. The molecule has 2 fully saturated rings. The number of rotatable bonds is 7. The van der Waals surface area contributed by atoms with E-state index in [-0.39, 0.29) is 5.75 Å². The molecule has 1 aromatic carbocycles. The zero-order valence-electron chi connectivity index (χ0n) is 17.2. The first kappa shape index (κ1) is 25.7. The maximum absolute atomic E-state index is 10.1. The van der Waals surface area contributed by atoms with E-state index >= 15 is 0 Å². The molecule has 1 unspecified atom stereocenters. The van der Waals surface area contributed by atoms with Crippen LogP contribution in [-0.2, 0) is 14.2 Å². The van der Waals surface area contributed by atoms with Gasteiger partial charge in [-0.2, -0.15) is 5.26 Å². The molecule has 11 atom stereocenters. The molecule has 1 aromatic rings. The van der Waals surface area contributed by atoms with Crippen molar-refractivity contribution in [3.05, 3.63) is 29.8 Å². The number of nitrogens with zero attached hydrogens (tertiary/aromatic N) is 1. The fourth-order valence-electron chi connectivity index (χ4n) is 3.52. The van der Waals surface area contributed by atoms with Gasteiger partial charge in [0.15, 0.2) is 12.4 Å². The highest BCUT2D eigenvalue weighted by atomic mass is 16.7. The van der Waals surface area contributed by atoms with E-state index in [1.807, 2.05) is 6.07 Å². The zero-order valence-corrected chi connectivity index (χ0v) is 17.2. The summed E-state index contributed by atoms with van der Waals surface area (Å²) in [5, 5.41) is 87.5. The Morgan fingerprint density at radius 1 is 0.758 bits per heavy atom. The molecule has 13 heteroatoms. The second kappa shape index (κ2) is 11.0. The van der Waals surface area contributed by atoms with Crippen LogP contribution in [0, 0.1) is 11.3 Å². The van der Waals surface area contributed by atoms with Crippen molar-refractivity contribution in [2.24, 2.45) is 0 Å². The summed E-state index contributed by atoms with van der Waals surface area (Å²) in [4.78, 5) is 0. The number of hydrogen-bond donors (Lipinski definition) is 8. The van der Waals surface area contributed by atoms with Gasteiger partial charge in [-0.05, 0) is 17.7 Å². The molecule has 8 N–H and O–H groups in total. The van der Waals surface area contributed by atoms with Crippen molar-refractivity contribution in [2.75, 3.05) is 13.2 Å². The Balaban J connectivity index is 1.66. The lowest BCUT2D eigenvalue weighted by molar-refractivity contribution is -0.307. The highest BCUT2D eigenvalue weighted by molar-refractivity contribution is 5.31. The summed E-state index contributed by atoms with van der Waals surface area (Å²) in [7, 11) is 0. The number of hydrogen-bond acceptors (Lipinski definition) is 13. The SMILES string of the molecule is N#CC(O[C@@H]1O[C@H](CO)[C@@H](O)[C@H](O)[C@H]1O)c1ccc(O[C@@H]2O[C@H](CO)[C@@H](O)[C@H](O)[C@H]2O)cc1. The largest absolute Gasteiger partial charge is 0.462 e. The zero-order chi connectivity index (χ0) is 24.3. The van der Waals surface area contributed by atoms with Crippen LogP contribution in [0.15, 0.2) is 24.3 Å². The fourth-order valence-corrected chi connectivity index (χ4v) is 3.52. The number of nitriles is 1. The molecular formula is C20H27NO12. The lowest BCUT2D eigenvalue weighted by atomic mass is 9.99. The van der Waals surface area contributed by atoms with Gasteiger partial charge in [0.25, 0.3) is 0 Å². The van der Waals surface area contributed by atoms with Crippen molar-refractivity contribution in [3.63, 3.8) is 0 Å². The van der Waals surface area contributed by atoms with E-state index in [0.717, 1.165) is 0 Å². The number of aliphatic hydroxyl groups excluding tert-OH is 8. The summed E-state index contributed by atoms with van der Waals surface area (Å²) < 4.78 is 21.4. The van der Waals surface area contributed by atoms with Gasteiger partial charge in [-0.3, -0.25) is 0 Å². The van der Waals surface area contributed by atoms with E-state index in [1.165, 1.54) is 24.3 Å². The Morgan fingerprint density at radius 2 is 1.24 bits per heavy atom. The average Bonchev–Trinajstić information content (AvgIpc) is 2.83. The van der Waals surface area contributed by atoms with Crippen molar-refractivity contribution in [3.8, 4) is 11.8 Å². The molecule has 0 amide bonds. The number of aliphatic hydroxyl groups is 8. The molecule has 3 rings (SSSR count). The summed E-state index contributed by atoms with van der Waals surface area (Å²) in [6.07, 6.45) is -16.1. The maximum Gasteiger partial charge on any atom is 0.229 e. The van der Waals surface area contributed by atoms with Gasteiger partial charge >= 0.3 is 0 Å². The average molecular weight is 473 g/mol. The third-order valence-electron chi connectivity index (χ3n) is 5.52. The Hall–Kier alpha value is -1.93. The second-order valence-electron chi connectivity index (χ2n) is 7.73. The number of benzene rings is 1. The van der Waals surface area contributed by atoms with Crippen LogP contribution in [0.5, 0.6) is 5.75 Å². The summed E-state index contributed by atoms with van der Waals surface area (Å²) in [6.45, 7) is -1.26. The molecule has 0 aliphatic carbocycles. The molecule has 2 heterocycles. The lowest BCUT2D eigenvalue weighted by Crippen LogP contribution is -2.60. The summed E-state index contributed by atoms with van der Waals surface area (Å²) >= 11 is 0. The molecule has 0 aromatic heterocycles. The van der Waals surface area contributed by atoms with Gasteiger partial charge in [0.1, 0.15) is 54.6 Å². The smallest absolute Gasteiger partial charge is 0.229 e. The van der Waals surface area contributed by atoms with Crippen LogP contribution < -0.4 is 4.74 Å². The van der Waals surface area contributed by atoms with Crippen LogP contribution in [0.2, 0.25) is 0 Å². The van der Waals surface area contributed by atoms with Crippen LogP contribution >= 0.6 is 0 Å². The van der Waals surface area contributed by atoms with E-state index in [9.17, 15) is 46.1 Å². The van der Waals surface area contributed by atoms with Crippen LogP contribution in [-0.4, -0.2) is 115 Å². The Morgan fingerprint density at radius 3 is 1.73 bits per heavy atom. The molecule has 33 heavy (non-hydrogen) atoms. The van der Waals surface area contributed by atoms with Crippen LogP contribution in [0.3, 0.4) is 0 Å². The molecule has 0 spiro atoms. The van der Waals surface area contributed by atoms with Crippen LogP contribution in [0.4, 0.5) is 0 Å². The van der Waals surface area contributed by atoms with Crippen molar-refractivity contribution >= 4 is 0 Å². The third-order valence-corrected chi connectivity index (χ3v) is 5.52. The molecule has 184 valence electrons. The van der Waals surface area contributed by atoms with Gasteiger partial charge in [-0.15, -0.1) is 0 Å². The maximum atomic E-state index is 10.1. The van der Waals surface area contributed by atoms with Crippen LogP contribution in [0.1, 0.15) is 11.7 Å². The van der Waals surface area contributed by atoms with E-state index in [0.29, 0.717) is 5.56 Å². The van der Waals surface area contributed by atoms with Crippen molar-refractivity contribution in [2.45, 2.75) is 67.5 Å². The Kier molecular flexibility index (Phi) is 8.56. The molecule has 0 radical (unpaired) electrons. The van der Waals surface area contributed by atoms with E-state index in [2.05, 4.69) is 0 Å². The molecule has 2 aliphatic rings. The van der Waals surface area contributed by atoms with Gasteiger partial charge in [0.2, 0.25) is 6.29 Å². The third kappa shape index (κ3) is 5.43. The molecule has 2 saturated heterocycles. The minimum absolute atomic E-state index is 0.160. The first-order chi connectivity index (χ1) is 15.7. The van der Waals surface area contributed by atoms with E-state index < -0.39 is 80.7 Å². The fraction of sp³-hybridized carbons (Fsp3) is 0.650. The molecule has 0 bridgehead atoms. The molecular weight excluding hydrogens is 446 g/mol. The quantitative estimate of drug-likeness (QED) is 0.191. The van der Waals surface area contributed by atoms with Gasteiger partial charge < -0.3 is 59.8 Å². The van der Waals surface area contributed by atoms with E-state index in [4.69, 9.17) is 18.9 Å². The first-order valence-corrected chi connectivity index (χ1v) is 10.1. The number of ether oxygens (including phenoxy) is 4. The second-order valence-corrected chi connectivity index (χ2v) is 7.73. The molecule has 13 nitrogen and oxygen atoms in total. The van der Waals surface area contributed by atoms with E-state index in [1.54, 1.807) is 0 Å². The molecule has 2 aliphatic heterocycles. The Labute approximate surface area is 188 Å². The first-order valence-electron chi connectivity index (χ1n) is 10.1. The predicted octanol–water partition coefficient (Wildman–Crippen LogP) is -3.75. The summed E-state index contributed by atoms with van der Waals surface area (Å²) in [5.74, 6) is 0.160. The minimum Gasteiger partial charge on any atom is -0.462 e. The van der Waals surface area contributed by atoms with Gasteiger partial charge in [-0.1, -0.05) is 12.1 Å². The molecule has 0 saturated carbocycles.